The molecule has 0 radical (unpaired) electrons. The van der Waals surface area contributed by atoms with Gasteiger partial charge in [-0.3, -0.25) is 9.78 Å². The number of rotatable bonds is 3. The Balaban J connectivity index is 1.97. The van der Waals surface area contributed by atoms with Crippen molar-refractivity contribution in [1.29, 1.82) is 0 Å². The van der Waals surface area contributed by atoms with Crippen LogP contribution in [0.15, 0.2) is 46.2 Å². The predicted molar refractivity (Wildman–Crippen MR) is 72.1 cm³/mol. The van der Waals surface area contributed by atoms with Gasteiger partial charge in [-0.15, -0.1) is 0 Å². The average molecular weight is 268 g/mol. The number of H-pyrrole nitrogens is 1. The molecule has 0 saturated heterocycles. The largest absolute Gasteiger partial charge is 0.364 e. The summed E-state index contributed by atoms with van der Waals surface area (Å²) in [5.74, 6) is 0. The van der Waals surface area contributed by atoms with Gasteiger partial charge in [-0.25, -0.2) is 5.10 Å². The molecule has 3 aromatic rings. The summed E-state index contributed by atoms with van der Waals surface area (Å²) >= 11 is 0. The fourth-order valence-corrected chi connectivity index (χ4v) is 1.94. The summed E-state index contributed by atoms with van der Waals surface area (Å²) in [6, 6.07) is 5.52. The Kier molecular flexibility index (Phi) is 3.12. The second kappa shape index (κ2) is 5.08. The van der Waals surface area contributed by atoms with Crippen molar-refractivity contribution in [2.24, 2.45) is 0 Å². The maximum Gasteiger partial charge on any atom is 0.267 e. The first-order valence-corrected chi connectivity index (χ1v) is 6.13. The maximum absolute atomic E-state index is 11.7. The minimum absolute atomic E-state index is 0.207. The molecule has 3 aromatic heterocycles. The third-order valence-electron chi connectivity index (χ3n) is 3.02. The highest BCUT2D eigenvalue weighted by Crippen LogP contribution is 2.23. The van der Waals surface area contributed by atoms with Gasteiger partial charge in [0.05, 0.1) is 0 Å². The molecule has 0 saturated carbocycles. The molecule has 3 heterocycles. The van der Waals surface area contributed by atoms with E-state index in [-0.39, 0.29) is 5.56 Å². The fraction of sp³-hybridized carbons (Fsp3) is 0.143. The summed E-state index contributed by atoms with van der Waals surface area (Å²) in [6.07, 6.45) is 5.28. The Morgan fingerprint density at radius 3 is 2.90 bits per heavy atom. The van der Waals surface area contributed by atoms with E-state index in [1.165, 1.54) is 0 Å². The zero-order valence-electron chi connectivity index (χ0n) is 10.8. The van der Waals surface area contributed by atoms with Crippen molar-refractivity contribution in [1.82, 2.24) is 20.3 Å². The van der Waals surface area contributed by atoms with Gasteiger partial charge in [-0.2, -0.15) is 5.10 Å². The monoisotopic (exact) mass is 268 g/mol. The van der Waals surface area contributed by atoms with Crippen molar-refractivity contribution in [3.05, 3.63) is 64.0 Å². The maximum atomic E-state index is 11.7. The Hall–Kier alpha value is -2.76. The highest BCUT2D eigenvalue weighted by Gasteiger charge is 2.12. The van der Waals surface area contributed by atoms with Crippen molar-refractivity contribution in [2.45, 2.75) is 13.3 Å². The first-order valence-electron chi connectivity index (χ1n) is 6.13. The quantitative estimate of drug-likeness (QED) is 0.781. The van der Waals surface area contributed by atoms with Gasteiger partial charge in [0, 0.05) is 41.2 Å². The van der Waals surface area contributed by atoms with Crippen molar-refractivity contribution in [3.63, 3.8) is 0 Å². The van der Waals surface area contributed by atoms with Crippen LogP contribution in [-0.4, -0.2) is 20.3 Å². The number of aryl methyl sites for hydroxylation is 1. The summed E-state index contributed by atoms with van der Waals surface area (Å²) in [5.41, 5.74) is 3.75. The summed E-state index contributed by atoms with van der Waals surface area (Å²) < 4.78 is 5.04. The summed E-state index contributed by atoms with van der Waals surface area (Å²) in [5, 5.41) is 10.1. The van der Waals surface area contributed by atoms with Crippen molar-refractivity contribution in [3.8, 4) is 11.3 Å². The topological polar surface area (TPSA) is 84.7 Å². The van der Waals surface area contributed by atoms with Gasteiger partial charge in [0.2, 0.25) is 0 Å². The molecule has 0 unspecified atom stereocenters. The molecule has 0 aromatic carbocycles. The van der Waals surface area contributed by atoms with Crippen molar-refractivity contribution in [2.75, 3.05) is 0 Å². The van der Waals surface area contributed by atoms with Crippen LogP contribution in [0.4, 0.5) is 0 Å². The molecule has 0 aliphatic rings. The minimum Gasteiger partial charge on any atom is -0.364 e. The van der Waals surface area contributed by atoms with Gasteiger partial charge < -0.3 is 4.52 Å². The van der Waals surface area contributed by atoms with E-state index in [1.54, 1.807) is 24.7 Å². The lowest BCUT2D eigenvalue weighted by Gasteiger charge is -2.01. The van der Waals surface area contributed by atoms with Gasteiger partial charge in [0.15, 0.2) is 0 Å². The number of aromatic nitrogens is 4. The molecular formula is C14H12N4O2. The molecule has 0 aliphatic heterocycles. The number of hydrogen-bond donors (Lipinski definition) is 1. The smallest absolute Gasteiger partial charge is 0.267 e. The van der Waals surface area contributed by atoms with Crippen LogP contribution in [0.25, 0.3) is 11.3 Å². The van der Waals surface area contributed by atoms with E-state index in [2.05, 4.69) is 20.3 Å². The van der Waals surface area contributed by atoms with Gasteiger partial charge in [0.1, 0.15) is 12.0 Å². The summed E-state index contributed by atoms with van der Waals surface area (Å²) in [6.45, 7) is 1.92. The molecule has 3 rings (SSSR count). The summed E-state index contributed by atoms with van der Waals surface area (Å²) in [4.78, 5) is 15.9. The van der Waals surface area contributed by atoms with Crippen LogP contribution >= 0.6 is 0 Å². The van der Waals surface area contributed by atoms with E-state index < -0.39 is 0 Å². The Morgan fingerprint density at radius 1 is 1.25 bits per heavy atom. The van der Waals surface area contributed by atoms with E-state index in [1.807, 2.05) is 19.1 Å². The van der Waals surface area contributed by atoms with E-state index >= 15 is 0 Å². The lowest BCUT2D eigenvalue weighted by atomic mass is 10.0. The highest BCUT2D eigenvalue weighted by atomic mass is 16.5. The van der Waals surface area contributed by atoms with Crippen LogP contribution in [0.1, 0.15) is 16.8 Å². The molecule has 0 atom stereocenters. The Labute approximate surface area is 114 Å². The molecule has 1 N–H and O–H groups in total. The zero-order chi connectivity index (χ0) is 13.9. The molecule has 20 heavy (non-hydrogen) atoms. The average Bonchev–Trinajstić information content (AvgIpc) is 2.90. The molecule has 0 spiro atoms. The molecule has 6 heteroatoms. The first kappa shape index (κ1) is 12.3. The fourth-order valence-electron chi connectivity index (χ4n) is 1.94. The van der Waals surface area contributed by atoms with E-state index in [0.717, 1.165) is 16.8 Å². The number of hydrogen-bond acceptors (Lipinski definition) is 5. The molecular weight excluding hydrogens is 256 g/mol. The Morgan fingerprint density at radius 2 is 2.15 bits per heavy atom. The molecule has 100 valence electrons. The van der Waals surface area contributed by atoms with Gasteiger partial charge in [-0.1, -0.05) is 5.16 Å². The SMILES string of the molecule is Cc1ccc(-c2nocc2Cc2ccn[nH]c2=O)cn1. The number of nitrogens with one attached hydrogen (secondary N) is 1. The van der Waals surface area contributed by atoms with Gasteiger partial charge in [0.25, 0.3) is 5.56 Å². The van der Waals surface area contributed by atoms with Crippen molar-refractivity contribution < 1.29 is 4.52 Å². The Bertz CT molecular complexity index is 774. The zero-order valence-corrected chi connectivity index (χ0v) is 10.8. The first-order chi connectivity index (χ1) is 9.74. The third-order valence-corrected chi connectivity index (χ3v) is 3.02. The number of nitrogens with zero attached hydrogens (tertiary/aromatic N) is 3. The van der Waals surface area contributed by atoms with Crippen LogP contribution in [0.3, 0.4) is 0 Å². The second-order valence-electron chi connectivity index (χ2n) is 4.46. The third kappa shape index (κ3) is 2.35. The van der Waals surface area contributed by atoms with Crippen LogP contribution in [0, 0.1) is 6.92 Å². The minimum atomic E-state index is -0.207. The lowest BCUT2D eigenvalue weighted by Crippen LogP contribution is -2.13. The van der Waals surface area contributed by atoms with Crippen LogP contribution in [0.2, 0.25) is 0 Å². The van der Waals surface area contributed by atoms with Crippen LogP contribution in [-0.2, 0) is 6.42 Å². The molecule has 0 bridgehead atoms. The molecule has 0 aliphatic carbocycles. The van der Waals surface area contributed by atoms with Gasteiger partial charge >= 0.3 is 0 Å². The van der Waals surface area contributed by atoms with E-state index in [9.17, 15) is 4.79 Å². The predicted octanol–water partition coefficient (Wildman–Crippen LogP) is 1.72. The van der Waals surface area contributed by atoms with E-state index in [0.29, 0.717) is 17.7 Å². The number of aromatic amines is 1. The standard InChI is InChI=1S/C14H12N4O2/c1-9-2-3-11(7-15-9)13-12(8-20-18-13)6-10-4-5-16-17-14(10)19/h2-5,7-8H,6H2,1H3,(H,17,19). The van der Waals surface area contributed by atoms with Gasteiger partial charge in [-0.05, 0) is 25.1 Å². The number of pyridine rings is 1. The van der Waals surface area contributed by atoms with Crippen LogP contribution in [0.5, 0.6) is 0 Å². The molecule has 0 fully saturated rings. The second-order valence-corrected chi connectivity index (χ2v) is 4.46. The molecule has 0 amide bonds. The normalized spacial score (nSPS) is 10.7. The van der Waals surface area contributed by atoms with Crippen molar-refractivity contribution >= 4 is 0 Å². The molecule has 6 nitrogen and oxygen atoms in total. The highest BCUT2D eigenvalue weighted by molar-refractivity contribution is 5.61. The lowest BCUT2D eigenvalue weighted by molar-refractivity contribution is 0.421. The van der Waals surface area contributed by atoms with Crippen LogP contribution < -0.4 is 5.56 Å². The summed E-state index contributed by atoms with van der Waals surface area (Å²) in [7, 11) is 0. The van der Waals surface area contributed by atoms with E-state index in [4.69, 9.17) is 4.52 Å².